The topological polar surface area (TPSA) is 89.0 Å². The molecule has 2 aromatic heterocycles. The summed E-state index contributed by atoms with van der Waals surface area (Å²) in [6.45, 7) is 3.25. The van der Waals surface area contributed by atoms with Gasteiger partial charge in [-0.15, -0.1) is 0 Å². The van der Waals surface area contributed by atoms with Gasteiger partial charge in [-0.05, 0) is 62.4 Å². The highest BCUT2D eigenvalue weighted by Gasteiger charge is 2.15. The highest BCUT2D eigenvalue weighted by molar-refractivity contribution is 7.93. The van der Waals surface area contributed by atoms with Crippen molar-refractivity contribution in [3.05, 3.63) is 89.7 Å². The van der Waals surface area contributed by atoms with Crippen LogP contribution in [0.25, 0.3) is 22.2 Å². The minimum absolute atomic E-state index is 0.506. The van der Waals surface area contributed by atoms with Crippen LogP contribution in [0.15, 0.2) is 73.1 Å². The summed E-state index contributed by atoms with van der Waals surface area (Å²) in [5, 5.41) is 0.216. The van der Waals surface area contributed by atoms with E-state index in [2.05, 4.69) is 26.5 Å². The van der Waals surface area contributed by atoms with Crippen LogP contribution in [0.3, 0.4) is 0 Å². The number of hydrogen-bond acceptors (Lipinski definition) is 5. The van der Waals surface area contributed by atoms with Crippen LogP contribution < -0.4 is 4.72 Å². The molecule has 0 atom stereocenters. The second-order valence-corrected chi connectivity index (χ2v) is 9.94. The van der Waals surface area contributed by atoms with E-state index in [0.29, 0.717) is 22.5 Å². The smallest absolute Gasteiger partial charge is 0.235 e. The quantitative estimate of drug-likeness (QED) is 0.349. The SMILES string of the molecule is CC(C)S(=O)(=O)Nc1ccc(C#Cc2ccc(-c3cc(C=O)c4cnccc4n3)cc2)cc1. The largest absolute Gasteiger partial charge is 0.298 e. The van der Waals surface area contributed by atoms with E-state index in [1.54, 1.807) is 62.6 Å². The lowest BCUT2D eigenvalue weighted by Gasteiger charge is -2.10. The summed E-state index contributed by atoms with van der Waals surface area (Å²) < 4.78 is 26.5. The second-order valence-electron chi connectivity index (χ2n) is 7.71. The monoisotopic (exact) mass is 455 g/mol. The third kappa shape index (κ3) is 5.08. The van der Waals surface area contributed by atoms with Crippen molar-refractivity contribution in [3.63, 3.8) is 0 Å². The summed E-state index contributed by atoms with van der Waals surface area (Å²) in [6, 6.07) is 18.1. The third-order valence-electron chi connectivity index (χ3n) is 5.07. The number of anilines is 1. The summed E-state index contributed by atoms with van der Waals surface area (Å²) in [5.74, 6) is 6.18. The zero-order chi connectivity index (χ0) is 23.4. The summed E-state index contributed by atoms with van der Waals surface area (Å²) in [4.78, 5) is 20.2. The van der Waals surface area contributed by atoms with Gasteiger partial charge < -0.3 is 0 Å². The van der Waals surface area contributed by atoms with Crippen molar-refractivity contribution >= 4 is 32.9 Å². The predicted octanol–water partition coefficient (Wildman–Crippen LogP) is 4.66. The van der Waals surface area contributed by atoms with Gasteiger partial charge in [0, 0.05) is 45.7 Å². The first kappa shape index (κ1) is 22.2. The maximum absolute atomic E-state index is 12.0. The van der Waals surface area contributed by atoms with Gasteiger partial charge >= 0.3 is 0 Å². The van der Waals surface area contributed by atoms with E-state index in [1.165, 1.54) is 0 Å². The number of carbonyl (C=O) groups excluding carboxylic acids is 1. The number of aromatic nitrogens is 2. The molecule has 0 aliphatic heterocycles. The Bertz CT molecular complexity index is 1480. The molecule has 164 valence electrons. The molecule has 0 aliphatic rings. The number of carbonyl (C=O) groups is 1. The molecule has 0 fully saturated rings. The average Bonchev–Trinajstić information content (AvgIpc) is 2.83. The maximum Gasteiger partial charge on any atom is 0.235 e. The van der Waals surface area contributed by atoms with Crippen molar-refractivity contribution in [1.82, 2.24) is 9.97 Å². The third-order valence-corrected chi connectivity index (χ3v) is 6.83. The number of aldehydes is 1. The van der Waals surface area contributed by atoms with Crippen LogP contribution in [0, 0.1) is 11.8 Å². The maximum atomic E-state index is 12.0. The first-order valence-electron chi connectivity index (χ1n) is 10.3. The number of fused-ring (bicyclic) bond motifs is 1. The first-order chi connectivity index (χ1) is 15.9. The zero-order valence-corrected chi connectivity index (χ0v) is 18.9. The molecule has 0 saturated carbocycles. The van der Waals surface area contributed by atoms with Crippen molar-refractivity contribution in [2.75, 3.05) is 4.72 Å². The molecule has 2 aromatic carbocycles. The van der Waals surface area contributed by atoms with Crippen molar-refractivity contribution in [1.29, 1.82) is 0 Å². The van der Waals surface area contributed by atoms with E-state index in [-0.39, 0.29) is 0 Å². The minimum Gasteiger partial charge on any atom is -0.298 e. The second kappa shape index (κ2) is 9.23. The fourth-order valence-electron chi connectivity index (χ4n) is 3.11. The molecule has 7 heteroatoms. The Morgan fingerprint density at radius 1 is 0.939 bits per heavy atom. The van der Waals surface area contributed by atoms with E-state index in [0.717, 1.165) is 28.4 Å². The van der Waals surface area contributed by atoms with Crippen LogP contribution >= 0.6 is 0 Å². The van der Waals surface area contributed by atoms with Gasteiger partial charge in [-0.1, -0.05) is 24.0 Å². The predicted molar refractivity (Wildman–Crippen MR) is 130 cm³/mol. The van der Waals surface area contributed by atoms with Crippen LogP contribution in [0.5, 0.6) is 0 Å². The molecule has 4 rings (SSSR count). The van der Waals surface area contributed by atoms with Crippen LogP contribution in [0.1, 0.15) is 35.3 Å². The highest BCUT2D eigenvalue weighted by atomic mass is 32.2. The number of rotatable bonds is 5. The average molecular weight is 456 g/mol. The Morgan fingerprint density at radius 2 is 1.58 bits per heavy atom. The molecule has 0 unspecified atom stereocenters. The molecule has 0 saturated heterocycles. The lowest BCUT2D eigenvalue weighted by Crippen LogP contribution is -2.22. The minimum atomic E-state index is -3.38. The van der Waals surface area contributed by atoms with E-state index >= 15 is 0 Å². The van der Waals surface area contributed by atoms with Crippen LogP contribution in [0.4, 0.5) is 5.69 Å². The molecule has 0 bridgehead atoms. The Morgan fingerprint density at radius 3 is 2.18 bits per heavy atom. The number of pyridine rings is 2. The van der Waals surface area contributed by atoms with E-state index in [1.807, 2.05) is 24.3 Å². The highest BCUT2D eigenvalue weighted by Crippen LogP contribution is 2.23. The molecule has 4 aromatic rings. The summed E-state index contributed by atoms with van der Waals surface area (Å²) in [6.07, 6.45) is 4.10. The van der Waals surface area contributed by atoms with Gasteiger partial charge in [0.05, 0.1) is 16.5 Å². The number of nitrogens with one attached hydrogen (secondary N) is 1. The lowest BCUT2D eigenvalue weighted by molar-refractivity contribution is 0.112. The number of benzene rings is 2. The summed E-state index contributed by atoms with van der Waals surface area (Å²) in [7, 11) is -3.38. The van der Waals surface area contributed by atoms with Crippen molar-refractivity contribution in [2.45, 2.75) is 19.1 Å². The van der Waals surface area contributed by atoms with Crippen molar-refractivity contribution < 1.29 is 13.2 Å². The van der Waals surface area contributed by atoms with Gasteiger partial charge in [0.15, 0.2) is 6.29 Å². The molecule has 2 heterocycles. The molecule has 0 spiro atoms. The Balaban J connectivity index is 1.53. The van der Waals surface area contributed by atoms with Crippen molar-refractivity contribution in [3.8, 4) is 23.1 Å². The Hall–Kier alpha value is -4.02. The number of hydrogen-bond donors (Lipinski definition) is 1. The Labute approximate surface area is 192 Å². The molecule has 0 aliphatic carbocycles. The van der Waals surface area contributed by atoms with Gasteiger partial charge in [0.2, 0.25) is 10.0 Å². The fourth-order valence-corrected chi connectivity index (χ4v) is 3.81. The van der Waals surface area contributed by atoms with Crippen LogP contribution in [-0.2, 0) is 10.0 Å². The first-order valence-corrected chi connectivity index (χ1v) is 11.8. The molecular weight excluding hydrogens is 434 g/mol. The number of sulfonamides is 1. The van der Waals surface area contributed by atoms with Gasteiger partial charge in [-0.3, -0.25) is 14.5 Å². The fraction of sp³-hybridized carbons (Fsp3) is 0.115. The molecule has 1 N–H and O–H groups in total. The lowest BCUT2D eigenvalue weighted by atomic mass is 10.0. The molecule has 0 amide bonds. The molecule has 0 radical (unpaired) electrons. The van der Waals surface area contributed by atoms with Gasteiger partial charge in [-0.25, -0.2) is 13.4 Å². The summed E-state index contributed by atoms with van der Waals surface area (Å²) >= 11 is 0. The van der Waals surface area contributed by atoms with Crippen LogP contribution in [0.2, 0.25) is 0 Å². The van der Waals surface area contributed by atoms with Gasteiger partial charge in [-0.2, -0.15) is 0 Å². The zero-order valence-electron chi connectivity index (χ0n) is 18.1. The van der Waals surface area contributed by atoms with E-state index < -0.39 is 15.3 Å². The standard InChI is InChI=1S/C26H21N3O3S/c1-18(2)33(31,32)29-23-11-7-20(8-12-23)4-3-19-5-9-21(10-6-19)26-15-22(17-30)24-16-27-14-13-25(24)28-26/h5-18,29H,1-2H3. The Kier molecular flexibility index (Phi) is 6.20. The van der Waals surface area contributed by atoms with E-state index in [9.17, 15) is 13.2 Å². The summed E-state index contributed by atoms with van der Waals surface area (Å²) in [5.41, 5.74) is 4.94. The number of nitrogens with zero attached hydrogens (tertiary/aromatic N) is 2. The van der Waals surface area contributed by atoms with Crippen LogP contribution in [-0.4, -0.2) is 29.9 Å². The molecular formula is C26H21N3O3S. The molecule has 6 nitrogen and oxygen atoms in total. The van der Waals surface area contributed by atoms with E-state index in [4.69, 9.17) is 0 Å². The van der Waals surface area contributed by atoms with Crippen molar-refractivity contribution in [2.24, 2.45) is 0 Å². The van der Waals surface area contributed by atoms with Gasteiger partial charge in [0.25, 0.3) is 0 Å². The molecule has 33 heavy (non-hydrogen) atoms. The normalized spacial score (nSPS) is 11.1. The van der Waals surface area contributed by atoms with Gasteiger partial charge in [0.1, 0.15) is 0 Å².